The summed E-state index contributed by atoms with van der Waals surface area (Å²) in [4.78, 5) is 3.71. The highest BCUT2D eigenvalue weighted by atomic mass is 32.1. The molecule has 1 aromatic heterocycles. The van der Waals surface area contributed by atoms with E-state index in [-0.39, 0.29) is 5.75 Å². The Labute approximate surface area is 72.8 Å². The smallest absolute Gasteiger partial charge is 0.325 e. The van der Waals surface area contributed by atoms with E-state index in [1.165, 1.54) is 12.4 Å². The molecule has 1 aromatic rings. The normalized spacial score (nSPS) is 12.0. The van der Waals surface area contributed by atoms with Gasteiger partial charge in [0.25, 0.3) is 0 Å². The van der Waals surface area contributed by atoms with Gasteiger partial charge in [-0.2, -0.15) is 25.8 Å². The van der Waals surface area contributed by atoms with Crippen LogP contribution in [0.5, 0.6) is 0 Å². The molecule has 0 saturated heterocycles. The Morgan fingerprint density at radius 3 is 2.67 bits per heavy atom. The van der Waals surface area contributed by atoms with Crippen LogP contribution >= 0.6 is 12.6 Å². The highest BCUT2D eigenvalue weighted by Crippen LogP contribution is 2.18. The molecular weight excluding hydrogens is 189 g/mol. The quantitative estimate of drug-likeness (QED) is 0.715. The minimum atomic E-state index is -4.20. The number of thiol groups is 1. The van der Waals surface area contributed by atoms with Crippen LogP contribution in [0.15, 0.2) is 12.4 Å². The second kappa shape index (κ2) is 3.38. The molecule has 0 unspecified atom stereocenters. The van der Waals surface area contributed by atoms with Crippen molar-refractivity contribution in [3.63, 3.8) is 0 Å². The molecule has 12 heavy (non-hydrogen) atoms. The Hall–Kier alpha value is -0.650. The van der Waals surface area contributed by atoms with Crippen LogP contribution in [0, 0.1) is 0 Å². The largest absolute Gasteiger partial charge is 0.406 e. The number of hydrogen-bond acceptors (Lipinski definition) is 2. The van der Waals surface area contributed by atoms with Crippen LogP contribution in [0.4, 0.5) is 13.2 Å². The van der Waals surface area contributed by atoms with E-state index in [0.717, 1.165) is 4.57 Å². The minimum Gasteiger partial charge on any atom is -0.325 e. The number of alkyl halides is 3. The van der Waals surface area contributed by atoms with E-state index in [2.05, 4.69) is 17.6 Å². The zero-order valence-corrected chi connectivity index (χ0v) is 6.94. The van der Waals surface area contributed by atoms with Crippen molar-refractivity contribution in [2.45, 2.75) is 18.5 Å². The maximum absolute atomic E-state index is 11.9. The summed E-state index contributed by atoms with van der Waals surface area (Å²) >= 11 is 3.84. The van der Waals surface area contributed by atoms with Gasteiger partial charge in [0.1, 0.15) is 12.4 Å². The number of nitrogens with zero attached hydrogens (tertiary/aromatic N) is 2. The lowest BCUT2D eigenvalue weighted by molar-refractivity contribution is -0.140. The molecule has 0 spiro atoms. The molecule has 6 heteroatoms. The Bertz CT molecular complexity index is 256. The van der Waals surface area contributed by atoms with Gasteiger partial charge in [0.15, 0.2) is 0 Å². The molecule has 0 amide bonds. The Morgan fingerprint density at radius 2 is 2.17 bits per heavy atom. The van der Waals surface area contributed by atoms with Gasteiger partial charge in [-0.15, -0.1) is 0 Å². The topological polar surface area (TPSA) is 17.8 Å². The van der Waals surface area contributed by atoms with Gasteiger partial charge in [0.2, 0.25) is 0 Å². The molecule has 0 aromatic carbocycles. The molecule has 0 saturated carbocycles. The van der Waals surface area contributed by atoms with Crippen LogP contribution in [0.25, 0.3) is 0 Å². The van der Waals surface area contributed by atoms with Gasteiger partial charge in [0.05, 0.1) is 0 Å². The van der Waals surface area contributed by atoms with Crippen LogP contribution in [0.2, 0.25) is 0 Å². The average molecular weight is 196 g/mol. The van der Waals surface area contributed by atoms with Crippen LogP contribution in [-0.2, 0) is 12.3 Å². The molecule has 0 aliphatic carbocycles. The lowest BCUT2D eigenvalue weighted by atomic mass is 10.5. The maximum Gasteiger partial charge on any atom is 0.406 e. The van der Waals surface area contributed by atoms with Gasteiger partial charge in [-0.05, 0) is 0 Å². The fourth-order valence-corrected chi connectivity index (χ4v) is 1.09. The molecule has 1 rings (SSSR count). The fraction of sp³-hybridized carbons (Fsp3) is 0.500. The monoisotopic (exact) mass is 196 g/mol. The second-order valence-electron chi connectivity index (χ2n) is 2.24. The first-order valence-corrected chi connectivity index (χ1v) is 3.84. The molecule has 0 radical (unpaired) electrons. The molecule has 0 atom stereocenters. The Balaban J connectivity index is 2.75. The summed E-state index contributed by atoms with van der Waals surface area (Å²) in [6, 6.07) is 0. The third kappa shape index (κ3) is 2.44. The van der Waals surface area contributed by atoms with Gasteiger partial charge >= 0.3 is 6.18 Å². The van der Waals surface area contributed by atoms with Gasteiger partial charge in [-0.25, -0.2) is 4.98 Å². The van der Waals surface area contributed by atoms with Crippen LogP contribution in [0.1, 0.15) is 5.82 Å². The molecular formula is C6H7F3N2S. The Kier molecular flexibility index (Phi) is 2.66. The standard InChI is InChI=1S/C6H7F3N2S/c7-6(8,9)4-11-2-1-10-5(11)3-12/h1-2,12H,3-4H2. The van der Waals surface area contributed by atoms with E-state index in [4.69, 9.17) is 0 Å². The highest BCUT2D eigenvalue weighted by molar-refractivity contribution is 7.79. The van der Waals surface area contributed by atoms with Gasteiger partial charge in [-0.1, -0.05) is 0 Å². The van der Waals surface area contributed by atoms with Crippen molar-refractivity contribution in [2.75, 3.05) is 0 Å². The summed E-state index contributed by atoms with van der Waals surface area (Å²) in [6.07, 6.45) is -1.57. The molecule has 2 nitrogen and oxygen atoms in total. The van der Waals surface area contributed by atoms with Crippen molar-refractivity contribution in [1.29, 1.82) is 0 Å². The molecule has 68 valence electrons. The number of aromatic nitrogens is 2. The fourth-order valence-electron chi connectivity index (χ4n) is 0.829. The van der Waals surface area contributed by atoms with Crippen molar-refractivity contribution >= 4 is 12.6 Å². The summed E-state index contributed by atoms with van der Waals surface area (Å²) in [5.41, 5.74) is 0. The first kappa shape index (κ1) is 9.44. The number of hydrogen-bond donors (Lipinski definition) is 1. The first-order chi connectivity index (χ1) is 5.53. The summed E-state index contributed by atoms with van der Waals surface area (Å²) in [5.74, 6) is 0.541. The SMILES string of the molecule is FC(F)(F)Cn1ccnc1CS. The van der Waals surface area contributed by atoms with Crippen LogP contribution in [-0.4, -0.2) is 15.7 Å². The predicted molar refractivity (Wildman–Crippen MR) is 41.0 cm³/mol. The van der Waals surface area contributed by atoms with E-state index < -0.39 is 12.7 Å². The molecule has 0 bridgehead atoms. The third-order valence-electron chi connectivity index (χ3n) is 1.29. The molecule has 0 fully saturated rings. The van der Waals surface area contributed by atoms with E-state index in [0.29, 0.717) is 5.82 Å². The summed E-state index contributed by atoms with van der Waals surface area (Å²) in [7, 11) is 0. The van der Waals surface area contributed by atoms with E-state index >= 15 is 0 Å². The van der Waals surface area contributed by atoms with E-state index in [1.54, 1.807) is 0 Å². The minimum absolute atomic E-state index is 0.211. The van der Waals surface area contributed by atoms with E-state index in [1.807, 2.05) is 0 Å². The summed E-state index contributed by atoms with van der Waals surface area (Å²) < 4.78 is 36.6. The van der Waals surface area contributed by atoms with Gasteiger partial charge in [-0.3, -0.25) is 0 Å². The van der Waals surface area contributed by atoms with Crippen LogP contribution in [0.3, 0.4) is 0 Å². The van der Waals surface area contributed by atoms with Crippen LogP contribution < -0.4 is 0 Å². The predicted octanol–water partition coefficient (Wildman–Crippen LogP) is 1.88. The summed E-state index contributed by atoms with van der Waals surface area (Å²) in [5, 5.41) is 0. The van der Waals surface area contributed by atoms with Gasteiger partial charge < -0.3 is 4.57 Å². The zero-order valence-electron chi connectivity index (χ0n) is 6.04. The van der Waals surface area contributed by atoms with Crippen molar-refractivity contribution in [1.82, 2.24) is 9.55 Å². The Morgan fingerprint density at radius 1 is 1.50 bits per heavy atom. The average Bonchev–Trinajstić information content (AvgIpc) is 2.31. The number of rotatable bonds is 2. The molecule has 0 aliphatic heterocycles. The lowest BCUT2D eigenvalue weighted by Gasteiger charge is -2.08. The van der Waals surface area contributed by atoms with Gasteiger partial charge in [0, 0.05) is 18.1 Å². The van der Waals surface area contributed by atoms with Crippen molar-refractivity contribution in [2.24, 2.45) is 0 Å². The van der Waals surface area contributed by atoms with Crippen molar-refractivity contribution in [3.05, 3.63) is 18.2 Å². The molecule has 1 heterocycles. The van der Waals surface area contributed by atoms with Crippen molar-refractivity contribution in [3.8, 4) is 0 Å². The summed E-state index contributed by atoms with van der Waals surface area (Å²) in [6.45, 7) is -0.997. The van der Waals surface area contributed by atoms with Crippen molar-refractivity contribution < 1.29 is 13.2 Å². The molecule has 0 aliphatic rings. The number of imidazole rings is 1. The molecule has 0 N–H and O–H groups in total. The first-order valence-electron chi connectivity index (χ1n) is 3.20. The third-order valence-corrected chi connectivity index (χ3v) is 1.58. The zero-order chi connectivity index (χ0) is 9.19. The second-order valence-corrected chi connectivity index (χ2v) is 2.56. The maximum atomic E-state index is 11.9. The van der Waals surface area contributed by atoms with E-state index in [9.17, 15) is 13.2 Å². The number of halogens is 3. The lowest BCUT2D eigenvalue weighted by Crippen LogP contribution is -2.18. The highest BCUT2D eigenvalue weighted by Gasteiger charge is 2.28.